The fourth-order valence-corrected chi connectivity index (χ4v) is 3.61. The molecule has 0 heterocycles. The number of nitrogens with zero attached hydrogens (tertiary/aromatic N) is 1. The first-order valence-electron chi connectivity index (χ1n) is 10.3. The van der Waals surface area contributed by atoms with Gasteiger partial charge in [-0.1, -0.05) is 26.7 Å². The van der Waals surface area contributed by atoms with Crippen molar-refractivity contribution in [1.29, 1.82) is 0 Å². The topological polar surface area (TPSA) is 120 Å². The molecule has 1 saturated carbocycles. The van der Waals surface area contributed by atoms with Crippen molar-refractivity contribution in [2.75, 3.05) is 25.6 Å². The van der Waals surface area contributed by atoms with E-state index in [0.717, 1.165) is 25.3 Å². The summed E-state index contributed by atoms with van der Waals surface area (Å²) in [4.78, 5) is 35.7. The van der Waals surface area contributed by atoms with Crippen LogP contribution in [0.3, 0.4) is 0 Å². The maximum atomic E-state index is 12.5. The summed E-state index contributed by atoms with van der Waals surface area (Å²) < 4.78 is 10.2. The van der Waals surface area contributed by atoms with Crippen LogP contribution in [0.5, 0.6) is 0 Å². The first kappa shape index (κ1) is 23.6. The standard InChI is InChI=1S/C21H31N3O6/c1-13-6-5-7-17(14(13)2)23-20(25)15(3)30-21(26)16-8-9-18(22-10-11-29-4)19(12-16)24(27)28/h8-9,12-15,17,22H,5-7,10-11H2,1-4H3,(H,23,25)/t13-,14+,15+,17-/m0/s1. The third-order valence-electron chi connectivity index (χ3n) is 5.74. The number of rotatable bonds is 9. The quantitative estimate of drug-likeness (QED) is 0.272. The van der Waals surface area contributed by atoms with Gasteiger partial charge in [-0.25, -0.2) is 4.79 Å². The van der Waals surface area contributed by atoms with E-state index in [9.17, 15) is 19.7 Å². The number of ether oxygens (including phenoxy) is 2. The van der Waals surface area contributed by atoms with E-state index in [1.54, 1.807) is 0 Å². The van der Waals surface area contributed by atoms with Gasteiger partial charge in [0.1, 0.15) is 5.69 Å². The van der Waals surface area contributed by atoms with Gasteiger partial charge in [-0.3, -0.25) is 14.9 Å². The molecule has 2 N–H and O–H groups in total. The molecule has 0 bridgehead atoms. The lowest BCUT2D eigenvalue weighted by Crippen LogP contribution is -2.47. The minimum absolute atomic E-state index is 0.0123. The predicted molar refractivity (Wildman–Crippen MR) is 112 cm³/mol. The fraction of sp³-hybridized carbons (Fsp3) is 0.619. The van der Waals surface area contributed by atoms with Gasteiger partial charge in [-0.05, 0) is 37.3 Å². The number of carbonyl (C=O) groups is 2. The van der Waals surface area contributed by atoms with E-state index in [2.05, 4.69) is 24.5 Å². The lowest BCUT2D eigenvalue weighted by Gasteiger charge is -2.35. The summed E-state index contributed by atoms with van der Waals surface area (Å²) in [6.45, 7) is 6.56. The van der Waals surface area contributed by atoms with Crippen molar-refractivity contribution >= 4 is 23.3 Å². The van der Waals surface area contributed by atoms with Crippen molar-refractivity contribution in [1.82, 2.24) is 5.32 Å². The van der Waals surface area contributed by atoms with E-state index in [1.165, 1.54) is 26.2 Å². The molecular weight excluding hydrogens is 390 g/mol. The molecule has 30 heavy (non-hydrogen) atoms. The van der Waals surface area contributed by atoms with E-state index in [4.69, 9.17) is 9.47 Å². The number of hydrogen-bond donors (Lipinski definition) is 2. The number of anilines is 1. The summed E-state index contributed by atoms with van der Waals surface area (Å²) in [7, 11) is 1.53. The Hall–Kier alpha value is -2.68. The van der Waals surface area contributed by atoms with Crippen molar-refractivity contribution in [3.8, 4) is 0 Å². The van der Waals surface area contributed by atoms with E-state index < -0.39 is 17.0 Å². The van der Waals surface area contributed by atoms with Crippen LogP contribution < -0.4 is 10.6 Å². The highest BCUT2D eigenvalue weighted by Crippen LogP contribution is 2.29. The van der Waals surface area contributed by atoms with E-state index in [-0.39, 0.29) is 28.9 Å². The zero-order valence-corrected chi connectivity index (χ0v) is 18.0. The molecule has 4 atom stereocenters. The van der Waals surface area contributed by atoms with Crippen molar-refractivity contribution in [2.24, 2.45) is 11.8 Å². The summed E-state index contributed by atoms with van der Waals surface area (Å²) in [5.41, 5.74) is 0.0424. The number of esters is 1. The number of nitro groups is 1. The number of nitro benzene ring substituents is 1. The maximum Gasteiger partial charge on any atom is 0.339 e. The number of nitrogens with one attached hydrogen (secondary N) is 2. The van der Waals surface area contributed by atoms with Crippen LogP contribution in [-0.4, -0.2) is 49.2 Å². The smallest absolute Gasteiger partial charge is 0.339 e. The Morgan fingerprint density at radius 2 is 2.03 bits per heavy atom. The zero-order valence-electron chi connectivity index (χ0n) is 18.0. The second kappa shape index (κ2) is 10.9. The molecule has 0 spiro atoms. The van der Waals surface area contributed by atoms with Gasteiger partial charge in [0.2, 0.25) is 0 Å². The molecule has 2 rings (SSSR count). The number of benzene rings is 1. The molecule has 9 heteroatoms. The third kappa shape index (κ3) is 6.16. The van der Waals surface area contributed by atoms with Gasteiger partial charge in [-0.2, -0.15) is 0 Å². The van der Waals surface area contributed by atoms with Gasteiger partial charge in [-0.15, -0.1) is 0 Å². The fourth-order valence-electron chi connectivity index (χ4n) is 3.61. The summed E-state index contributed by atoms with van der Waals surface area (Å²) in [5.74, 6) is -0.263. The molecule has 0 saturated heterocycles. The van der Waals surface area contributed by atoms with Crippen LogP contribution in [-0.2, 0) is 14.3 Å². The van der Waals surface area contributed by atoms with Crippen LogP contribution >= 0.6 is 0 Å². The van der Waals surface area contributed by atoms with Crippen LogP contribution in [0, 0.1) is 22.0 Å². The molecule has 1 aliphatic rings. The molecule has 1 aliphatic carbocycles. The Bertz CT molecular complexity index is 769. The lowest BCUT2D eigenvalue weighted by molar-refractivity contribution is -0.384. The van der Waals surface area contributed by atoms with Crippen molar-refractivity contribution in [3.63, 3.8) is 0 Å². The van der Waals surface area contributed by atoms with Crippen LogP contribution in [0.4, 0.5) is 11.4 Å². The molecule has 1 aromatic rings. The average Bonchev–Trinajstić information content (AvgIpc) is 2.71. The second-order valence-corrected chi connectivity index (χ2v) is 7.84. The number of amides is 1. The Labute approximate surface area is 176 Å². The molecular formula is C21H31N3O6. The molecule has 1 fully saturated rings. The van der Waals surface area contributed by atoms with Gasteiger partial charge < -0.3 is 20.1 Å². The molecule has 0 unspecified atom stereocenters. The lowest BCUT2D eigenvalue weighted by atomic mass is 9.78. The van der Waals surface area contributed by atoms with Crippen molar-refractivity contribution < 1.29 is 24.0 Å². The number of hydrogen-bond acceptors (Lipinski definition) is 7. The molecule has 1 amide bonds. The van der Waals surface area contributed by atoms with Crippen LogP contribution in [0.1, 0.15) is 50.4 Å². The van der Waals surface area contributed by atoms with Crippen LogP contribution in [0.25, 0.3) is 0 Å². The molecule has 0 aromatic heterocycles. The van der Waals surface area contributed by atoms with Crippen molar-refractivity contribution in [3.05, 3.63) is 33.9 Å². The summed E-state index contributed by atoms with van der Waals surface area (Å²) in [6, 6.07) is 4.08. The van der Waals surface area contributed by atoms with E-state index in [0.29, 0.717) is 25.0 Å². The number of carbonyl (C=O) groups excluding carboxylic acids is 2. The summed E-state index contributed by atoms with van der Waals surface area (Å²) >= 11 is 0. The van der Waals surface area contributed by atoms with Gasteiger partial charge in [0.25, 0.3) is 11.6 Å². The first-order valence-corrected chi connectivity index (χ1v) is 10.3. The number of methoxy groups -OCH3 is 1. The highest BCUT2D eigenvalue weighted by molar-refractivity contribution is 5.93. The molecule has 9 nitrogen and oxygen atoms in total. The molecule has 0 aliphatic heterocycles. The Balaban J connectivity index is 2.01. The van der Waals surface area contributed by atoms with E-state index >= 15 is 0 Å². The second-order valence-electron chi connectivity index (χ2n) is 7.84. The SMILES string of the molecule is COCCNc1ccc(C(=O)O[C@H](C)C(=O)N[C@H]2CCC[C@H](C)[C@H]2C)cc1[N+](=O)[O-]. The predicted octanol–water partition coefficient (Wildman–Crippen LogP) is 3.14. The Kier molecular flexibility index (Phi) is 8.58. The van der Waals surface area contributed by atoms with Crippen molar-refractivity contribution in [2.45, 2.75) is 52.2 Å². The maximum absolute atomic E-state index is 12.5. The van der Waals surface area contributed by atoms with Crippen LogP contribution in [0.15, 0.2) is 18.2 Å². The summed E-state index contributed by atoms with van der Waals surface area (Å²) in [6.07, 6.45) is 2.11. The molecule has 0 radical (unpaired) electrons. The highest BCUT2D eigenvalue weighted by atomic mass is 16.6. The van der Waals surface area contributed by atoms with Gasteiger partial charge in [0, 0.05) is 25.8 Å². The largest absolute Gasteiger partial charge is 0.449 e. The van der Waals surface area contributed by atoms with E-state index in [1.807, 2.05) is 0 Å². The van der Waals surface area contributed by atoms with Gasteiger partial charge in [0.15, 0.2) is 6.10 Å². The molecule has 166 valence electrons. The van der Waals surface area contributed by atoms with Crippen LogP contribution in [0.2, 0.25) is 0 Å². The first-order chi connectivity index (χ1) is 14.2. The summed E-state index contributed by atoms with van der Waals surface area (Å²) in [5, 5.41) is 17.2. The third-order valence-corrected chi connectivity index (χ3v) is 5.74. The minimum atomic E-state index is -1.000. The molecule has 1 aromatic carbocycles. The van der Waals surface area contributed by atoms with Gasteiger partial charge in [0.05, 0.1) is 17.1 Å². The average molecular weight is 421 g/mol. The Morgan fingerprint density at radius 3 is 2.70 bits per heavy atom. The highest BCUT2D eigenvalue weighted by Gasteiger charge is 2.30. The van der Waals surface area contributed by atoms with Gasteiger partial charge >= 0.3 is 5.97 Å². The zero-order chi connectivity index (χ0) is 22.3. The normalized spacial score (nSPS) is 22.1. The Morgan fingerprint density at radius 1 is 1.30 bits per heavy atom. The monoisotopic (exact) mass is 421 g/mol. The minimum Gasteiger partial charge on any atom is -0.449 e.